The highest BCUT2D eigenvalue weighted by molar-refractivity contribution is 5.85. The molecule has 15 heavy (non-hydrogen) atoms. The second-order valence-corrected chi connectivity index (χ2v) is 3.57. The van der Waals surface area contributed by atoms with Crippen LogP contribution in [0.25, 0.3) is 0 Å². The van der Waals surface area contributed by atoms with E-state index in [0.29, 0.717) is 0 Å². The number of carbonyl (C=O) groups excluding carboxylic acids is 1. The van der Waals surface area contributed by atoms with Gasteiger partial charge in [-0.15, -0.1) is 0 Å². The Balaban J connectivity index is 2.47. The lowest BCUT2D eigenvalue weighted by Gasteiger charge is -2.19. The van der Waals surface area contributed by atoms with E-state index in [-0.39, 0.29) is 24.8 Å². The van der Waals surface area contributed by atoms with Crippen LogP contribution < -0.4 is 0 Å². The fourth-order valence-corrected chi connectivity index (χ4v) is 1.25. The molecule has 6 nitrogen and oxygen atoms in total. The Kier molecular flexibility index (Phi) is 3.65. The van der Waals surface area contributed by atoms with Gasteiger partial charge < -0.3 is 15.1 Å². The zero-order valence-electron chi connectivity index (χ0n) is 8.18. The lowest BCUT2D eigenvalue weighted by atomic mass is 10.3. The van der Waals surface area contributed by atoms with Gasteiger partial charge in [0.2, 0.25) is 5.91 Å². The molecule has 0 unspecified atom stereocenters. The summed E-state index contributed by atoms with van der Waals surface area (Å²) in [5.74, 6) is -2.47. The summed E-state index contributed by atoms with van der Waals surface area (Å²) in [6.07, 6.45) is 1.34. The number of carboxylic acid groups (broad SMARTS) is 2. The van der Waals surface area contributed by atoms with Crippen LogP contribution in [0.3, 0.4) is 0 Å². The van der Waals surface area contributed by atoms with Gasteiger partial charge in [0.25, 0.3) is 0 Å². The highest BCUT2D eigenvalue weighted by Gasteiger charge is 2.34. The van der Waals surface area contributed by atoms with Crippen molar-refractivity contribution in [2.45, 2.75) is 19.3 Å². The minimum atomic E-state index is -1.12. The maximum Gasteiger partial charge on any atom is 0.323 e. The van der Waals surface area contributed by atoms with E-state index in [0.717, 1.165) is 17.7 Å². The zero-order chi connectivity index (χ0) is 11.4. The molecule has 84 valence electrons. The van der Waals surface area contributed by atoms with E-state index in [4.69, 9.17) is 10.2 Å². The first kappa shape index (κ1) is 11.5. The Hall–Kier alpha value is -1.59. The van der Waals surface area contributed by atoms with Crippen molar-refractivity contribution in [2.75, 3.05) is 13.1 Å². The average molecular weight is 215 g/mol. The van der Waals surface area contributed by atoms with Gasteiger partial charge in [-0.05, 0) is 12.8 Å². The van der Waals surface area contributed by atoms with E-state index in [1.54, 1.807) is 0 Å². The summed E-state index contributed by atoms with van der Waals surface area (Å²) in [5, 5.41) is 17.0. The number of nitrogens with zero attached hydrogens (tertiary/aromatic N) is 1. The Labute approximate surface area is 86.5 Å². The van der Waals surface area contributed by atoms with Crippen molar-refractivity contribution in [2.24, 2.45) is 5.92 Å². The van der Waals surface area contributed by atoms with Crippen LogP contribution in [0, 0.1) is 5.92 Å². The van der Waals surface area contributed by atoms with Gasteiger partial charge in [-0.3, -0.25) is 14.4 Å². The van der Waals surface area contributed by atoms with Gasteiger partial charge in [0.1, 0.15) is 6.54 Å². The maximum atomic E-state index is 11.5. The van der Waals surface area contributed by atoms with Crippen LogP contribution in [-0.2, 0) is 14.4 Å². The third kappa shape index (κ3) is 3.97. The number of aliphatic carboxylic acids is 2. The molecule has 0 spiro atoms. The van der Waals surface area contributed by atoms with Crippen LogP contribution in [0.2, 0.25) is 0 Å². The Morgan fingerprint density at radius 2 is 1.73 bits per heavy atom. The van der Waals surface area contributed by atoms with Gasteiger partial charge in [-0.2, -0.15) is 0 Å². The smallest absolute Gasteiger partial charge is 0.323 e. The molecule has 0 radical (unpaired) electrons. The van der Waals surface area contributed by atoms with Crippen LogP contribution in [0.15, 0.2) is 0 Å². The molecule has 1 aliphatic rings. The summed E-state index contributed by atoms with van der Waals surface area (Å²) in [6.45, 7) is -0.445. The lowest BCUT2D eigenvalue weighted by Crippen LogP contribution is -2.38. The first-order chi connectivity index (χ1) is 7.00. The van der Waals surface area contributed by atoms with Crippen molar-refractivity contribution < 1.29 is 24.6 Å². The molecule has 2 N–H and O–H groups in total. The summed E-state index contributed by atoms with van der Waals surface area (Å²) in [7, 11) is 0. The molecule has 0 aromatic carbocycles. The number of carbonyl (C=O) groups is 3. The van der Waals surface area contributed by atoms with Gasteiger partial charge in [0.15, 0.2) is 0 Å². The molecule has 1 rings (SSSR count). The van der Waals surface area contributed by atoms with Crippen molar-refractivity contribution in [3.8, 4) is 0 Å². The van der Waals surface area contributed by atoms with E-state index in [1.165, 1.54) is 0 Å². The van der Waals surface area contributed by atoms with Crippen LogP contribution in [0.5, 0.6) is 0 Å². The highest BCUT2D eigenvalue weighted by Crippen LogP contribution is 2.30. The Morgan fingerprint density at radius 1 is 1.13 bits per heavy atom. The fraction of sp³-hybridized carbons (Fsp3) is 0.667. The van der Waals surface area contributed by atoms with E-state index in [2.05, 4.69) is 0 Å². The third-order valence-electron chi connectivity index (χ3n) is 2.16. The Bertz CT molecular complexity index is 284. The first-order valence-electron chi connectivity index (χ1n) is 4.73. The average Bonchev–Trinajstić information content (AvgIpc) is 2.93. The van der Waals surface area contributed by atoms with Crippen LogP contribution in [0.4, 0.5) is 0 Å². The summed E-state index contributed by atoms with van der Waals surface area (Å²) < 4.78 is 0. The zero-order valence-corrected chi connectivity index (χ0v) is 8.18. The SMILES string of the molecule is O=C(O)CCN(CC(=O)O)C(=O)C1CC1. The monoisotopic (exact) mass is 215 g/mol. The summed E-state index contributed by atoms with van der Waals surface area (Å²) in [6, 6.07) is 0. The van der Waals surface area contributed by atoms with Crippen molar-refractivity contribution >= 4 is 17.8 Å². The van der Waals surface area contributed by atoms with Gasteiger partial charge in [0, 0.05) is 12.5 Å². The highest BCUT2D eigenvalue weighted by atomic mass is 16.4. The number of carboxylic acids is 2. The third-order valence-corrected chi connectivity index (χ3v) is 2.16. The molecule has 0 heterocycles. The van der Waals surface area contributed by atoms with Crippen LogP contribution in [-0.4, -0.2) is 46.0 Å². The predicted octanol–water partition coefficient (Wildman–Crippen LogP) is -0.216. The molecule has 0 saturated heterocycles. The molecule has 0 aromatic heterocycles. The lowest BCUT2D eigenvalue weighted by molar-refractivity contribution is -0.146. The van der Waals surface area contributed by atoms with E-state index in [1.807, 2.05) is 0 Å². The van der Waals surface area contributed by atoms with Crippen molar-refractivity contribution in [1.82, 2.24) is 4.90 Å². The second-order valence-electron chi connectivity index (χ2n) is 3.57. The number of rotatable bonds is 6. The summed E-state index contributed by atoms with van der Waals surface area (Å²) >= 11 is 0. The first-order valence-corrected chi connectivity index (χ1v) is 4.73. The molecular formula is C9H13NO5. The number of amides is 1. The molecule has 1 fully saturated rings. The molecule has 1 amide bonds. The van der Waals surface area contributed by atoms with Crippen molar-refractivity contribution in [3.05, 3.63) is 0 Å². The van der Waals surface area contributed by atoms with E-state index < -0.39 is 18.5 Å². The molecule has 0 atom stereocenters. The largest absolute Gasteiger partial charge is 0.481 e. The van der Waals surface area contributed by atoms with Gasteiger partial charge >= 0.3 is 11.9 Å². The minimum absolute atomic E-state index is 0.0308. The molecule has 1 saturated carbocycles. The predicted molar refractivity (Wildman–Crippen MR) is 49.2 cm³/mol. The molecule has 0 bridgehead atoms. The topological polar surface area (TPSA) is 94.9 Å². The number of hydrogen-bond donors (Lipinski definition) is 2. The summed E-state index contributed by atoms with van der Waals surface area (Å²) in [5.41, 5.74) is 0. The standard InChI is InChI=1S/C9H13NO5/c11-7(12)3-4-10(5-8(13)14)9(15)6-1-2-6/h6H,1-5H2,(H,11,12)(H,13,14). The van der Waals surface area contributed by atoms with Gasteiger partial charge in [-0.25, -0.2) is 0 Å². The van der Waals surface area contributed by atoms with Crippen LogP contribution in [0.1, 0.15) is 19.3 Å². The molecular weight excluding hydrogens is 202 g/mol. The molecule has 0 aliphatic heterocycles. The van der Waals surface area contributed by atoms with Gasteiger partial charge in [-0.1, -0.05) is 0 Å². The van der Waals surface area contributed by atoms with Crippen molar-refractivity contribution in [3.63, 3.8) is 0 Å². The maximum absolute atomic E-state index is 11.5. The minimum Gasteiger partial charge on any atom is -0.481 e. The van der Waals surface area contributed by atoms with Gasteiger partial charge in [0.05, 0.1) is 6.42 Å². The van der Waals surface area contributed by atoms with Crippen LogP contribution >= 0.6 is 0 Å². The Morgan fingerprint density at radius 3 is 2.13 bits per heavy atom. The summed E-state index contributed by atoms with van der Waals surface area (Å²) in [4.78, 5) is 33.4. The number of hydrogen-bond acceptors (Lipinski definition) is 3. The molecule has 1 aliphatic carbocycles. The van der Waals surface area contributed by atoms with E-state index >= 15 is 0 Å². The quantitative estimate of drug-likeness (QED) is 0.639. The second kappa shape index (κ2) is 4.77. The fourth-order valence-electron chi connectivity index (χ4n) is 1.25. The normalized spacial score (nSPS) is 14.7. The van der Waals surface area contributed by atoms with Crippen molar-refractivity contribution in [1.29, 1.82) is 0 Å². The van der Waals surface area contributed by atoms with E-state index in [9.17, 15) is 14.4 Å². The molecule has 6 heteroatoms. The molecule has 0 aromatic rings.